The minimum Gasteiger partial charge on any atom is -0.336 e. The van der Waals surface area contributed by atoms with Crippen molar-refractivity contribution in [3.63, 3.8) is 0 Å². The van der Waals surface area contributed by atoms with Crippen LogP contribution in [0.2, 0.25) is 5.02 Å². The number of anilines is 1. The number of nitro benzene ring substituents is 1. The van der Waals surface area contributed by atoms with Crippen LogP contribution in [0.3, 0.4) is 0 Å². The Bertz CT molecular complexity index is 839. The molecule has 3 rings (SSSR count). The molecule has 2 amide bonds. The first kappa shape index (κ1) is 16.8. The summed E-state index contributed by atoms with van der Waals surface area (Å²) in [6, 6.07) is 3.92. The zero-order valence-electron chi connectivity index (χ0n) is 12.8. The summed E-state index contributed by atoms with van der Waals surface area (Å²) in [4.78, 5) is 44.0. The number of hydrogen-bond donors (Lipinski definition) is 1. The van der Waals surface area contributed by atoms with E-state index in [1.807, 2.05) is 0 Å². The van der Waals surface area contributed by atoms with Crippen molar-refractivity contribution in [1.29, 1.82) is 0 Å². The second-order valence-corrected chi connectivity index (χ2v) is 5.84. The zero-order valence-corrected chi connectivity index (χ0v) is 13.5. The number of carbonyl (C=O) groups excluding carboxylic acids is 2. The molecule has 1 aliphatic rings. The van der Waals surface area contributed by atoms with Gasteiger partial charge < -0.3 is 10.2 Å². The Labute approximate surface area is 146 Å². The van der Waals surface area contributed by atoms with Crippen molar-refractivity contribution in [2.45, 2.75) is 0 Å². The molecule has 0 unspecified atom stereocenters. The van der Waals surface area contributed by atoms with Gasteiger partial charge in [0.15, 0.2) is 0 Å². The van der Waals surface area contributed by atoms with Crippen molar-refractivity contribution in [2.75, 3.05) is 18.4 Å². The molecule has 1 aliphatic heterocycles. The first-order valence-electron chi connectivity index (χ1n) is 7.26. The molecule has 1 fully saturated rings. The number of halogens is 1. The number of hydrogen-bond acceptors (Lipinski definition) is 6. The number of carbonyl (C=O) groups is 2. The van der Waals surface area contributed by atoms with E-state index in [-0.39, 0.29) is 41.1 Å². The lowest BCUT2D eigenvalue weighted by Crippen LogP contribution is -2.54. The van der Waals surface area contributed by atoms with E-state index in [1.165, 1.54) is 41.7 Å². The number of amides is 2. The van der Waals surface area contributed by atoms with Gasteiger partial charge in [-0.15, -0.1) is 0 Å². The monoisotopic (exact) mass is 361 g/mol. The summed E-state index contributed by atoms with van der Waals surface area (Å²) in [5.74, 6) is -1.18. The summed E-state index contributed by atoms with van der Waals surface area (Å²) in [7, 11) is 0. The van der Waals surface area contributed by atoms with Crippen molar-refractivity contribution >= 4 is 34.8 Å². The highest BCUT2D eigenvalue weighted by Gasteiger charge is 2.37. The molecule has 10 heteroatoms. The van der Waals surface area contributed by atoms with Gasteiger partial charge in [0.05, 0.1) is 17.0 Å². The molecule has 9 nitrogen and oxygen atoms in total. The van der Waals surface area contributed by atoms with Gasteiger partial charge in [0.2, 0.25) is 5.91 Å². The molecular formula is C15H12ClN5O4. The van der Waals surface area contributed by atoms with Gasteiger partial charge in [-0.1, -0.05) is 11.6 Å². The largest absolute Gasteiger partial charge is 0.336 e. The number of rotatable bonds is 4. The minimum absolute atomic E-state index is 0.0289. The summed E-state index contributed by atoms with van der Waals surface area (Å²) < 4.78 is 0. The van der Waals surface area contributed by atoms with Crippen LogP contribution in [0.1, 0.15) is 10.5 Å². The molecule has 128 valence electrons. The van der Waals surface area contributed by atoms with E-state index in [0.29, 0.717) is 0 Å². The second kappa shape index (κ2) is 6.81. The third kappa shape index (κ3) is 3.56. The molecule has 2 heterocycles. The highest BCUT2D eigenvalue weighted by molar-refractivity contribution is 6.31. The van der Waals surface area contributed by atoms with E-state index >= 15 is 0 Å². The Hall–Kier alpha value is -3.07. The van der Waals surface area contributed by atoms with Gasteiger partial charge in [0.1, 0.15) is 11.4 Å². The van der Waals surface area contributed by atoms with Crippen LogP contribution < -0.4 is 5.32 Å². The maximum Gasteiger partial charge on any atom is 0.292 e. The van der Waals surface area contributed by atoms with Crippen LogP contribution in [0.15, 0.2) is 36.8 Å². The van der Waals surface area contributed by atoms with Crippen LogP contribution in [0.5, 0.6) is 0 Å². The average molecular weight is 362 g/mol. The normalized spacial score (nSPS) is 13.9. The van der Waals surface area contributed by atoms with E-state index in [4.69, 9.17) is 11.6 Å². The van der Waals surface area contributed by atoms with Crippen LogP contribution >= 0.6 is 11.6 Å². The van der Waals surface area contributed by atoms with E-state index in [0.717, 1.165) is 0 Å². The highest BCUT2D eigenvalue weighted by atomic mass is 35.5. The average Bonchev–Trinajstić information content (AvgIpc) is 2.54. The quantitative estimate of drug-likeness (QED) is 0.654. The number of benzene rings is 1. The molecule has 0 radical (unpaired) electrons. The highest BCUT2D eigenvalue weighted by Crippen LogP contribution is 2.29. The lowest BCUT2D eigenvalue weighted by Gasteiger charge is -2.37. The van der Waals surface area contributed by atoms with Crippen molar-refractivity contribution in [1.82, 2.24) is 14.9 Å². The molecule has 1 aromatic heterocycles. The van der Waals surface area contributed by atoms with Gasteiger partial charge in [0.25, 0.3) is 11.6 Å². The second-order valence-electron chi connectivity index (χ2n) is 5.41. The fourth-order valence-corrected chi connectivity index (χ4v) is 2.56. The third-order valence-electron chi connectivity index (χ3n) is 3.74. The van der Waals surface area contributed by atoms with E-state index in [2.05, 4.69) is 15.3 Å². The van der Waals surface area contributed by atoms with E-state index in [9.17, 15) is 19.7 Å². The van der Waals surface area contributed by atoms with Crippen molar-refractivity contribution < 1.29 is 14.5 Å². The third-order valence-corrected chi connectivity index (χ3v) is 3.97. The first-order chi connectivity index (χ1) is 12.0. The lowest BCUT2D eigenvalue weighted by molar-refractivity contribution is -0.383. The summed E-state index contributed by atoms with van der Waals surface area (Å²) in [5, 5.41) is 13.8. The summed E-state index contributed by atoms with van der Waals surface area (Å²) in [6.07, 6.45) is 4.22. The first-order valence-corrected chi connectivity index (χ1v) is 7.63. The number of likely N-dealkylation sites (tertiary alicyclic amines) is 1. The van der Waals surface area contributed by atoms with Crippen LogP contribution in [0, 0.1) is 16.0 Å². The maximum absolute atomic E-state index is 12.2. The fourth-order valence-electron chi connectivity index (χ4n) is 2.38. The van der Waals surface area contributed by atoms with Gasteiger partial charge in [-0.3, -0.25) is 24.7 Å². The van der Waals surface area contributed by atoms with Crippen molar-refractivity contribution in [3.05, 3.63) is 57.6 Å². The van der Waals surface area contributed by atoms with Crippen LogP contribution in [-0.4, -0.2) is 44.7 Å². The molecule has 0 saturated carbocycles. The van der Waals surface area contributed by atoms with E-state index < -0.39 is 16.7 Å². The Morgan fingerprint density at radius 2 is 2.08 bits per heavy atom. The molecule has 0 aliphatic carbocycles. The fraction of sp³-hybridized carbons (Fsp3) is 0.200. The van der Waals surface area contributed by atoms with Gasteiger partial charge in [0, 0.05) is 36.6 Å². The van der Waals surface area contributed by atoms with Gasteiger partial charge >= 0.3 is 0 Å². The topological polar surface area (TPSA) is 118 Å². The summed E-state index contributed by atoms with van der Waals surface area (Å²) in [5.41, 5.74) is -0.0161. The Balaban J connectivity index is 1.63. The number of nitro groups is 1. The molecule has 25 heavy (non-hydrogen) atoms. The standard InChI is InChI=1S/C15H12ClN5O4/c16-10-1-2-13(21(24)25)11(5-10)19-14(22)9-7-20(8-9)15(23)12-6-17-3-4-18-12/h1-6,9H,7-8H2,(H,19,22). The Morgan fingerprint density at radius 3 is 2.72 bits per heavy atom. The smallest absolute Gasteiger partial charge is 0.292 e. The predicted octanol–water partition coefficient (Wildman–Crippen LogP) is 1.75. The van der Waals surface area contributed by atoms with Crippen molar-refractivity contribution in [3.8, 4) is 0 Å². The van der Waals surface area contributed by atoms with E-state index in [1.54, 1.807) is 0 Å². The molecule has 1 saturated heterocycles. The molecule has 1 N–H and O–H groups in total. The van der Waals surface area contributed by atoms with Gasteiger partial charge in [-0.05, 0) is 12.1 Å². The molecular weight excluding hydrogens is 350 g/mol. The maximum atomic E-state index is 12.2. The number of nitrogens with one attached hydrogen (secondary N) is 1. The molecule has 2 aromatic rings. The SMILES string of the molecule is O=C(Nc1cc(Cl)ccc1[N+](=O)[O-])C1CN(C(=O)c2cnccn2)C1. The summed E-state index contributed by atoms with van der Waals surface area (Å²) >= 11 is 5.83. The molecule has 1 aromatic carbocycles. The molecule has 0 bridgehead atoms. The number of aromatic nitrogens is 2. The van der Waals surface area contributed by atoms with Crippen LogP contribution in [0.4, 0.5) is 11.4 Å². The minimum atomic E-state index is -0.601. The van der Waals surface area contributed by atoms with Gasteiger partial charge in [-0.2, -0.15) is 0 Å². The molecule has 0 atom stereocenters. The predicted molar refractivity (Wildman–Crippen MR) is 88.2 cm³/mol. The zero-order chi connectivity index (χ0) is 18.0. The Kier molecular flexibility index (Phi) is 4.57. The summed E-state index contributed by atoms with van der Waals surface area (Å²) in [6.45, 7) is 0.408. The lowest BCUT2D eigenvalue weighted by atomic mass is 9.98. The van der Waals surface area contributed by atoms with Gasteiger partial charge in [-0.25, -0.2) is 4.98 Å². The van der Waals surface area contributed by atoms with Crippen LogP contribution in [-0.2, 0) is 4.79 Å². The Morgan fingerprint density at radius 1 is 1.32 bits per heavy atom. The molecule has 0 spiro atoms. The van der Waals surface area contributed by atoms with Crippen molar-refractivity contribution in [2.24, 2.45) is 5.92 Å². The van der Waals surface area contributed by atoms with Crippen LogP contribution in [0.25, 0.3) is 0 Å². The number of nitrogens with zero attached hydrogens (tertiary/aromatic N) is 4.